The van der Waals surface area contributed by atoms with Crippen LogP contribution < -0.4 is 25.8 Å². The minimum Gasteiger partial charge on any atom is -0.633 e. The smallest absolute Gasteiger partial charge is 0.339 e. The van der Waals surface area contributed by atoms with Crippen molar-refractivity contribution in [1.29, 1.82) is 0 Å². The van der Waals surface area contributed by atoms with Crippen LogP contribution in [0.3, 0.4) is 0 Å². The lowest BCUT2D eigenvalue weighted by molar-refractivity contribution is -0.865. The summed E-state index contributed by atoms with van der Waals surface area (Å²) >= 11 is 0. The molecule has 1 amide bonds. The van der Waals surface area contributed by atoms with Crippen molar-refractivity contribution in [1.82, 2.24) is 19.1 Å². The number of benzene rings is 3. The van der Waals surface area contributed by atoms with E-state index < -0.39 is 5.69 Å². The van der Waals surface area contributed by atoms with Crippen LogP contribution in [-0.4, -0.2) is 62.4 Å². The minimum absolute atomic E-state index is 0.107. The number of hydrogen-bond acceptors (Lipinski definition) is 8. The highest BCUT2D eigenvalue weighted by molar-refractivity contribution is 6.03. The summed E-state index contributed by atoms with van der Waals surface area (Å²) in [6, 6.07) is 21.7. The number of para-hydroxylation sites is 1. The van der Waals surface area contributed by atoms with Gasteiger partial charge in [0.2, 0.25) is 0 Å². The topological polar surface area (TPSA) is 141 Å². The van der Waals surface area contributed by atoms with Gasteiger partial charge in [0.05, 0.1) is 43.2 Å². The molecule has 0 radical (unpaired) electrons. The van der Waals surface area contributed by atoms with Crippen molar-refractivity contribution < 1.29 is 18.9 Å². The number of rotatable bonds is 8. The van der Waals surface area contributed by atoms with Crippen LogP contribution in [0.15, 0.2) is 96.1 Å². The number of nitrogen functional groups attached to an aromatic ring is 1. The van der Waals surface area contributed by atoms with E-state index in [4.69, 9.17) is 15.2 Å². The monoisotopic (exact) mass is 605 g/mol. The maximum atomic E-state index is 14.1. The predicted molar refractivity (Wildman–Crippen MR) is 170 cm³/mol. The molecule has 2 aliphatic rings. The van der Waals surface area contributed by atoms with Crippen LogP contribution in [0, 0.1) is 5.21 Å². The van der Waals surface area contributed by atoms with Crippen LogP contribution in [-0.2, 0) is 4.79 Å². The lowest BCUT2D eigenvalue weighted by atomic mass is 10.2. The zero-order chi connectivity index (χ0) is 31.1. The molecule has 45 heavy (non-hydrogen) atoms. The fourth-order valence-corrected chi connectivity index (χ4v) is 5.60. The van der Waals surface area contributed by atoms with Gasteiger partial charge in [-0.3, -0.25) is 9.36 Å². The van der Waals surface area contributed by atoms with Gasteiger partial charge in [0, 0.05) is 18.9 Å². The molecular formula is C33H31N7O5. The Morgan fingerprint density at radius 2 is 1.78 bits per heavy atom. The highest BCUT2D eigenvalue weighted by Crippen LogP contribution is 2.35. The van der Waals surface area contributed by atoms with Crippen molar-refractivity contribution in [3.05, 3.63) is 107 Å². The van der Waals surface area contributed by atoms with E-state index in [-0.39, 0.29) is 29.0 Å². The fraction of sp³-hybridized carbons (Fsp3) is 0.212. The van der Waals surface area contributed by atoms with E-state index in [1.807, 2.05) is 30.3 Å². The maximum Gasteiger partial charge on any atom is 0.339 e. The van der Waals surface area contributed by atoms with Gasteiger partial charge < -0.3 is 30.0 Å². The molecule has 3 heterocycles. The number of anilines is 2. The number of likely N-dealkylation sites (N-methyl/N-ethyl adjacent to an activating group) is 1. The van der Waals surface area contributed by atoms with Gasteiger partial charge in [-0.15, -0.1) is 0 Å². The summed E-state index contributed by atoms with van der Waals surface area (Å²) in [4.78, 5) is 37.6. The van der Waals surface area contributed by atoms with Crippen molar-refractivity contribution >= 4 is 28.6 Å². The molecule has 228 valence electrons. The Bertz CT molecular complexity index is 1980. The van der Waals surface area contributed by atoms with E-state index in [2.05, 4.69) is 9.97 Å². The third-order valence-electron chi connectivity index (χ3n) is 8.10. The fourth-order valence-electron chi connectivity index (χ4n) is 5.60. The second kappa shape index (κ2) is 11.2. The first-order valence-electron chi connectivity index (χ1n) is 14.7. The Hall–Kier alpha value is -5.46. The van der Waals surface area contributed by atoms with E-state index in [0.29, 0.717) is 58.6 Å². The van der Waals surface area contributed by atoms with Crippen LogP contribution >= 0.6 is 0 Å². The van der Waals surface area contributed by atoms with E-state index in [0.717, 1.165) is 12.8 Å². The number of nitrogens with two attached hydrogens (primary N) is 1. The van der Waals surface area contributed by atoms with Crippen LogP contribution in [0.5, 0.6) is 17.2 Å². The van der Waals surface area contributed by atoms with Crippen LogP contribution in [0.1, 0.15) is 12.8 Å². The lowest BCUT2D eigenvalue weighted by Crippen LogP contribution is -2.40. The first-order valence-corrected chi connectivity index (χ1v) is 14.7. The Kier molecular flexibility index (Phi) is 7.07. The van der Waals surface area contributed by atoms with Crippen LogP contribution in [0.25, 0.3) is 22.5 Å². The summed E-state index contributed by atoms with van der Waals surface area (Å²) in [6.07, 6.45) is 6.22. The molecule has 1 aliphatic carbocycles. The number of carbonyl (C=O) groups is 1. The number of hydrogen-bond donors (Lipinski definition) is 1. The Balaban J connectivity index is 1.24. The molecule has 12 nitrogen and oxygen atoms in total. The normalized spacial score (nSPS) is 15.9. The van der Waals surface area contributed by atoms with E-state index >= 15 is 0 Å². The number of hydroxylamine groups is 3. The molecule has 1 unspecified atom stereocenters. The molecule has 1 atom stereocenters. The van der Waals surface area contributed by atoms with Gasteiger partial charge in [-0.2, -0.15) is 0 Å². The summed E-state index contributed by atoms with van der Waals surface area (Å²) < 4.78 is 14.3. The molecule has 12 heteroatoms. The second-order valence-corrected chi connectivity index (χ2v) is 11.3. The molecule has 0 bridgehead atoms. The summed E-state index contributed by atoms with van der Waals surface area (Å²) in [7, 11) is 1.64. The molecule has 1 aliphatic heterocycles. The Morgan fingerprint density at radius 1 is 1.04 bits per heavy atom. The van der Waals surface area contributed by atoms with Gasteiger partial charge in [0.25, 0.3) is 5.91 Å². The molecule has 0 saturated heterocycles. The molecule has 5 aromatic rings. The number of amides is 1. The quantitative estimate of drug-likeness (QED) is 0.157. The van der Waals surface area contributed by atoms with Crippen molar-refractivity contribution in [2.24, 2.45) is 0 Å². The van der Waals surface area contributed by atoms with Gasteiger partial charge in [0.1, 0.15) is 35.7 Å². The molecule has 3 aromatic carbocycles. The number of nitrogens with zero attached hydrogens (tertiary/aromatic N) is 6. The number of fused-ring (bicyclic) bond motifs is 2. The standard InChI is InChI=1S/C33H31N7O5/c1-40(43,24-12-13-24)18-5-8-29(41)37-17-19-44-28-16-11-23(20-27(28)37)39-32-30(31(34)35-21-36-32)38(33(39)42)22-9-14-26(15-10-22)45-25-6-3-2-4-7-25/h2-11,14-16,20-21,24H,12-13,17-19H2,1H3,(H2,34,35,36). The summed E-state index contributed by atoms with van der Waals surface area (Å²) in [5.74, 6) is 1.67. The highest BCUT2D eigenvalue weighted by Gasteiger charge is 2.34. The van der Waals surface area contributed by atoms with Crippen molar-refractivity contribution in [3.63, 3.8) is 0 Å². The average Bonchev–Trinajstić information content (AvgIpc) is 3.86. The molecule has 7 rings (SSSR count). The Labute approximate surface area is 258 Å². The molecule has 1 saturated carbocycles. The highest BCUT2D eigenvalue weighted by atomic mass is 16.5. The number of quaternary nitrogens is 1. The van der Waals surface area contributed by atoms with Crippen LogP contribution in [0.4, 0.5) is 11.5 Å². The number of ether oxygens (including phenoxy) is 2. The first kappa shape index (κ1) is 28.3. The zero-order valence-electron chi connectivity index (χ0n) is 24.6. The van der Waals surface area contributed by atoms with Gasteiger partial charge in [-0.25, -0.2) is 19.3 Å². The van der Waals surface area contributed by atoms with Gasteiger partial charge in [0.15, 0.2) is 11.5 Å². The molecular weight excluding hydrogens is 574 g/mol. The molecule has 0 spiro atoms. The summed E-state index contributed by atoms with van der Waals surface area (Å²) in [5, 5.41) is 12.7. The second-order valence-electron chi connectivity index (χ2n) is 11.3. The SMILES string of the molecule is C[N+]([O-])(CC=CC(=O)N1CCOc2ccc(-n3c(=O)n(-c4ccc(Oc5ccccc5)cc4)c4c(N)ncnc43)cc21)C1CC1. The first-order chi connectivity index (χ1) is 21.8. The van der Waals surface area contributed by atoms with E-state index in [1.54, 1.807) is 60.5 Å². The molecule has 1 fully saturated rings. The largest absolute Gasteiger partial charge is 0.633 e. The summed E-state index contributed by atoms with van der Waals surface area (Å²) in [6.45, 7) is 0.855. The van der Waals surface area contributed by atoms with Crippen molar-refractivity contribution in [2.45, 2.75) is 18.9 Å². The van der Waals surface area contributed by atoms with Gasteiger partial charge >= 0.3 is 5.69 Å². The van der Waals surface area contributed by atoms with Gasteiger partial charge in [-0.1, -0.05) is 18.2 Å². The zero-order valence-corrected chi connectivity index (χ0v) is 24.6. The minimum atomic E-state index is -0.420. The van der Waals surface area contributed by atoms with Gasteiger partial charge in [-0.05, 0) is 60.7 Å². The Morgan fingerprint density at radius 3 is 2.53 bits per heavy atom. The number of aromatic nitrogens is 4. The molecule has 2 aromatic heterocycles. The van der Waals surface area contributed by atoms with Crippen molar-refractivity contribution in [2.75, 3.05) is 37.4 Å². The lowest BCUT2D eigenvalue weighted by Gasteiger charge is -2.38. The van der Waals surface area contributed by atoms with Crippen LogP contribution in [0.2, 0.25) is 0 Å². The summed E-state index contributed by atoms with van der Waals surface area (Å²) in [5.41, 5.74) is 8.06. The third-order valence-corrected chi connectivity index (χ3v) is 8.10. The van der Waals surface area contributed by atoms with Crippen molar-refractivity contribution in [3.8, 4) is 28.6 Å². The number of carbonyl (C=O) groups excluding carboxylic acids is 1. The molecule has 2 N–H and O–H groups in total. The predicted octanol–water partition coefficient (Wildman–Crippen LogP) is 4.33. The van der Waals surface area contributed by atoms with E-state index in [1.165, 1.54) is 21.5 Å². The third kappa shape index (κ3) is 5.41. The number of imidazole rings is 1. The maximum absolute atomic E-state index is 14.1. The van der Waals surface area contributed by atoms with E-state index in [9.17, 15) is 14.8 Å². The average molecular weight is 606 g/mol.